The molecule has 4 fully saturated rings. The summed E-state index contributed by atoms with van der Waals surface area (Å²) in [4.78, 5) is 113. The van der Waals surface area contributed by atoms with Crippen molar-refractivity contribution in [2.24, 2.45) is 0 Å². The Bertz CT molecular complexity index is 4360. The van der Waals surface area contributed by atoms with Gasteiger partial charge in [-0.2, -0.15) is 8.78 Å². The number of amides is 6. The lowest BCUT2D eigenvalue weighted by Crippen LogP contribution is -2.68. The summed E-state index contributed by atoms with van der Waals surface area (Å²) in [5.74, 6) is -28.1. The van der Waals surface area contributed by atoms with Crippen molar-refractivity contribution in [2.75, 3.05) is 178 Å². The molecule has 2 aromatic heterocycles. The minimum atomic E-state index is -2.87. The number of carboxylic acid groups (broad SMARTS) is 2. The van der Waals surface area contributed by atoms with Gasteiger partial charge in [0.1, 0.15) is 105 Å². The Labute approximate surface area is 817 Å². The Morgan fingerprint density at radius 3 is 1.24 bits per heavy atom. The maximum absolute atomic E-state index is 13.8. The number of nitrogens with one attached hydrogen (secondary N) is 6. The van der Waals surface area contributed by atoms with Crippen LogP contribution in [0.15, 0.2) is 12.4 Å². The molecule has 56 nitrogen and oxygen atoms in total. The predicted molar refractivity (Wildman–Crippen MR) is 459 cm³/mol. The number of nitrogens with zero attached hydrogens (tertiary/aromatic N) is 6. The lowest BCUT2D eigenvalue weighted by Gasteiger charge is -2.47. The summed E-state index contributed by atoms with van der Waals surface area (Å²) in [5, 5.41) is 217. The number of hydrogen-bond acceptors (Lipinski definition) is 46. The molecule has 13 unspecified atom stereocenters. The van der Waals surface area contributed by atoms with Gasteiger partial charge in [0.05, 0.1) is 201 Å². The van der Waals surface area contributed by atoms with E-state index in [4.69, 9.17) is 75.8 Å². The summed E-state index contributed by atoms with van der Waals surface area (Å²) >= 11 is 0. The van der Waals surface area contributed by atoms with Crippen molar-refractivity contribution in [3.8, 4) is 5.75 Å². The zero-order chi connectivity index (χ0) is 106. The second kappa shape index (κ2) is 63.7. The molecule has 23 atom stereocenters. The van der Waals surface area contributed by atoms with Crippen LogP contribution in [0.1, 0.15) is 75.6 Å². The van der Waals surface area contributed by atoms with E-state index >= 15 is 0 Å². The van der Waals surface area contributed by atoms with E-state index in [0.29, 0.717) is 24.2 Å². The van der Waals surface area contributed by atoms with Crippen molar-refractivity contribution in [1.82, 2.24) is 61.9 Å². The minimum absolute atomic E-state index is 0.00504. The number of carbonyl (C=O) groups excluding carboxylic acids is 7. The molecule has 0 saturated carbocycles. The third kappa shape index (κ3) is 39.0. The highest BCUT2D eigenvalue weighted by atomic mass is 19.2. The molecule has 4 aliphatic rings. The number of ether oxygens (including phenoxy) is 17. The number of unbranched alkanes of at least 4 members (excludes halogenated alkanes) is 1. The number of carboxylic acids is 2. The van der Waals surface area contributed by atoms with E-state index in [9.17, 15) is 157 Å². The molecule has 6 amide bonds. The van der Waals surface area contributed by atoms with Crippen LogP contribution in [0.2, 0.25) is 0 Å². The fourth-order valence-corrected chi connectivity index (χ4v) is 14.4. The number of aliphatic carboxylic acids is 2. The van der Waals surface area contributed by atoms with Crippen molar-refractivity contribution in [2.45, 2.75) is 230 Å². The maximum Gasteiger partial charge on any atom is 0.364 e. The van der Waals surface area contributed by atoms with Crippen LogP contribution in [0.3, 0.4) is 0 Å². The number of rotatable bonds is 71. The molecule has 144 heavy (non-hydrogen) atoms. The molecule has 4 aliphatic heterocycles. The first-order valence-electron chi connectivity index (χ1n) is 45.9. The van der Waals surface area contributed by atoms with Crippen LogP contribution in [0.25, 0.3) is 0 Å². The molecule has 1 aromatic carbocycles. The summed E-state index contributed by atoms with van der Waals surface area (Å²) in [5.41, 5.74) is 0.800. The first-order chi connectivity index (χ1) is 68.8. The molecule has 0 bridgehead atoms. The van der Waals surface area contributed by atoms with Gasteiger partial charge in [0.15, 0.2) is 12.6 Å². The summed E-state index contributed by atoms with van der Waals surface area (Å²) in [6.07, 6.45) is -32.1. The van der Waals surface area contributed by atoms with E-state index in [1.807, 2.05) is 0 Å². The summed E-state index contributed by atoms with van der Waals surface area (Å²) in [6.45, 7) is -4.80. The number of carbonyl (C=O) groups is 9. The standard InChI is InChI=1S/C83H129F5N12O44/c84-59-60(85)62(87)74(63(88)61(59)86)142-58(114)10-18-130-26-30-134-32-33-135-31-27-131-21-13-91-77(123)46(4-1-2-11-89-53(109)8-16-128-24-28-132-22-14-99-36-44(95-97-99)6-19-136-78-72(121)70(119)68(117)51(140-78)42-138-82(80(124)125)34-47(105)64(93-56(112)40-103)75(143-82)66(115)49(107)38-101)92-55(111)5-3-12-90-54(110)9-17-129-25-29-133-23-15-100-37-45(96-98-100)7-20-137-79-73(122)71(120)69(118)52(141-79)43-139-83(81(126)127)35-48(106)65(94-57(113)41-104)76(144-83)67(116)50(108)39-102/h36-37,46-52,64-73,75-76,78-79,101-108,115-122H,1-35,38-43H2,(H,89,109)(H,90,110)(H,91,123)(H,92,111)(H,93,112)(H,94,113)(H,124,125)(H,126,127)/t46?,47?,48?,49?,50?,51-,52-,64?,65?,66?,67?,68+,69+,70+,71+,72-,73-,75?,76?,78-,79-,82?,83?/m1/s1. The molecule has 0 radical (unpaired) electrons. The fraction of sp³-hybridized carbons (Fsp3) is 0.771. The van der Waals surface area contributed by atoms with E-state index in [-0.39, 0.29) is 208 Å². The van der Waals surface area contributed by atoms with Crippen LogP contribution in [-0.2, 0) is 145 Å². The summed E-state index contributed by atoms with van der Waals surface area (Å²) < 4.78 is 164. The smallest absolute Gasteiger partial charge is 0.364 e. The lowest BCUT2D eigenvalue weighted by molar-refractivity contribution is -0.338. The van der Waals surface area contributed by atoms with Crippen molar-refractivity contribution >= 4 is 53.4 Å². The number of aromatic nitrogens is 6. The second-order valence-corrected chi connectivity index (χ2v) is 32.9. The average molecular weight is 2090 g/mol. The van der Waals surface area contributed by atoms with Gasteiger partial charge in [0.25, 0.3) is 11.6 Å². The number of aliphatic hydroxyl groups is 16. The van der Waals surface area contributed by atoms with Gasteiger partial charge in [-0.3, -0.25) is 33.6 Å². The molecular formula is C83H129F5N12O44. The van der Waals surface area contributed by atoms with Gasteiger partial charge in [0, 0.05) is 77.0 Å². The average Bonchev–Trinajstić information content (AvgIpc) is 0.849. The molecule has 6 heterocycles. The normalized spacial score (nSPS) is 25.5. The highest BCUT2D eigenvalue weighted by Gasteiger charge is 2.59. The van der Waals surface area contributed by atoms with Gasteiger partial charge < -0.3 is 204 Å². The van der Waals surface area contributed by atoms with Crippen molar-refractivity contribution in [3.05, 3.63) is 52.9 Å². The highest BCUT2D eigenvalue weighted by molar-refractivity contribution is 5.87. The molecule has 820 valence electrons. The number of hydrogen-bond donors (Lipinski definition) is 24. The Balaban J connectivity index is 0.745. The minimum Gasteiger partial charge on any atom is -0.477 e. The number of esters is 1. The molecule has 61 heteroatoms. The Morgan fingerprint density at radius 1 is 0.438 bits per heavy atom. The van der Waals surface area contributed by atoms with E-state index in [2.05, 4.69) is 57.3 Å². The van der Waals surface area contributed by atoms with Crippen LogP contribution >= 0.6 is 0 Å². The SMILES string of the molecule is O=C(CCOCCOCCn1cc(CCO[C@@H]2O[C@H](COC3(C(=O)O)CC(O)C(NC(=O)CO)C(C(O)C(O)CO)O3)[C@H](O)[C@H](O)[C@H]2O)nn1)NCCCCC(NC(=O)CCCNC(=O)CCOCCOCCn1cc(CCO[C@@H]2O[C@H](COC3(C(=O)O)CC(O)C(NC(=O)CO)C(C(O)C(O)CO)O3)[C@H](O)[C@H](O)[C@H]2O)nn1)C(=O)NCCOCCOCCOCCOCCC(=O)Oc1c(F)c(F)c(F)c(F)c1F. The summed E-state index contributed by atoms with van der Waals surface area (Å²) in [6, 6.07) is -4.31. The van der Waals surface area contributed by atoms with Gasteiger partial charge in [-0.15, -0.1) is 10.2 Å². The van der Waals surface area contributed by atoms with Crippen LogP contribution in [0.5, 0.6) is 5.75 Å². The number of halogens is 5. The predicted octanol–water partition coefficient (Wildman–Crippen LogP) is -12.0. The van der Waals surface area contributed by atoms with Crippen molar-refractivity contribution in [3.63, 3.8) is 0 Å². The largest absolute Gasteiger partial charge is 0.477 e. The van der Waals surface area contributed by atoms with Crippen LogP contribution in [0, 0.1) is 29.1 Å². The quantitative estimate of drug-likeness (QED) is 0.00623. The van der Waals surface area contributed by atoms with E-state index in [1.54, 1.807) is 12.4 Å². The maximum atomic E-state index is 13.8. The van der Waals surface area contributed by atoms with Crippen LogP contribution in [0.4, 0.5) is 22.0 Å². The topological polar surface area (TPSA) is 808 Å². The lowest BCUT2D eigenvalue weighted by atomic mass is 9.88. The Hall–Kier alpha value is -8.90. The molecule has 0 spiro atoms. The van der Waals surface area contributed by atoms with Gasteiger partial charge in [-0.1, -0.05) is 10.4 Å². The third-order valence-corrected chi connectivity index (χ3v) is 22.2. The van der Waals surface area contributed by atoms with Crippen molar-refractivity contribution < 1.29 is 238 Å². The van der Waals surface area contributed by atoms with Gasteiger partial charge in [-0.25, -0.2) is 32.1 Å². The number of aliphatic hydroxyl groups excluding tert-OH is 16. The molecular weight excluding hydrogens is 1960 g/mol. The molecule has 0 aliphatic carbocycles. The number of benzene rings is 1. The van der Waals surface area contributed by atoms with E-state index < -0.39 is 275 Å². The molecule has 3 aromatic rings. The molecule has 7 rings (SSSR count). The first-order valence-corrected chi connectivity index (χ1v) is 45.9. The van der Waals surface area contributed by atoms with Gasteiger partial charge in [-0.05, 0) is 25.7 Å². The third-order valence-electron chi connectivity index (χ3n) is 22.2. The zero-order valence-corrected chi connectivity index (χ0v) is 78.0. The van der Waals surface area contributed by atoms with E-state index in [1.165, 1.54) is 9.36 Å². The van der Waals surface area contributed by atoms with Crippen molar-refractivity contribution in [1.29, 1.82) is 0 Å². The molecule has 4 saturated heterocycles. The summed E-state index contributed by atoms with van der Waals surface area (Å²) in [7, 11) is 0. The Kier molecular flexibility index (Phi) is 54.0. The highest BCUT2D eigenvalue weighted by Crippen LogP contribution is 2.38. The monoisotopic (exact) mass is 2090 g/mol. The van der Waals surface area contributed by atoms with Gasteiger partial charge in [0.2, 0.25) is 70.3 Å². The Morgan fingerprint density at radius 2 is 0.826 bits per heavy atom. The second-order valence-electron chi connectivity index (χ2n) is 32.9. The zero-order valence-electron chi connectivity index (χ0n) is 78.0. The first kappa shape index (κ1) is 122. The fourth-order valence-electron chi connectivity index (χ4n) is 14.4. The van der Waals surface area contributed by atoms with Gasteiger partial charge >= 0.3 is 17.9 Å². The van der Waals surface area contributed by atoms with E-state index in [0.717, 1.165) is 0 Å². The molecule has 24 N–H and O–H groups in total. The van der Waals surface area contributed by atoms with Crippen LogP contribution in [-0.4, -0.2) is 493 Å². The van der Waals surface area contributed by atoms with Crippen LogP contribution < -0.4 is 36.6 Å².